The van der Waals surface area contributed by atoms with Gasteiger partial charge in [0.05, 0.1) is 17.3 Å². The minimum absolute atomic E-state index is 0.172. The van der Waals surface area contributed by atoms with Gasteiger partial charge in [-0.1, -0.05) is 18.2 Å². The van der Waals surface area contributed by atoms with Crippen LogP contribution >= 0.6 is 0 Å². The molecule has 136 valence electrons. The molecular weight excluding hydrogens is 353 g/mol. The van der Waals surface area contributed by atoms with Crippen molar-refractivity contribution < 1.29 is 22.9 Å². The van der Waals surface area contributed by atoms with Gasteiger partial charge >= 0.3 is 7.12 Å². The number of hydrogen-bond donors (Lipinski definition) is 2. The fourth-order valence-electron chi connectivity index (χ4n) is 3.36. The summed E-state index contributed by atoms with van der Waals surface area (Å²) in [6.07, 6.45) is 0. The summed E-state index contributed by atoms with van der Waals surface area (Å²) in [5.74, 6) is -0.382. The molecule has 1 heterocycles. The average molecular weight is 373 g/mol. The van der Waals surface area contributed by atoms with Crippen LogP contribution < -0.4 is 10.8 Å². The maximum absolute atomic E-state index is 13.0. The van der Waals surface area contributed by atoms with Gasteiger partial charge in [0.1, 0.15) is 0 Å². The Morgan fingerprint density at radius 3 is 2.50 bits per heavy atom. The summed E-state index contributed by atoms with van der Waals surface area (Å²) in [7, 11) is -4.60. The van der Waals surface area contributed by atoms with E-state index in [0.29, 0.717) is 34.4 Å². The number of fused-ring (bicyclic) bond motifs is 1. The lowest BCUT2D eigenvalue weighted by atomic mass is 9.79. The Morgan fingerprint density at radius 1 is 1.23 bits per heavy atom. The van der Waals surface area contributed by atoms with Crippen LogP contribution in [-0.4, -0.2) is 26.5 Å². The van der Waals surface area contributed by atoms with Gasteiger partial charge in [-0.2, -0.15) is 0 Å². The predicted octanol–water partition coefficient (Wildman–Crippen LogP) is 1.45. The van der Waals surface area contributed by atoms with Gasteiger partial charge in [-0.3, -0.25) is 4.79 Å². The highest BCUT2D eigenvalue weighted by atomic mass is 32.2. The molecule has 6 nitrogen and oxygen atoms in total. The molecule has 26 heavy (non-hydrogen) atoms. The van der Waals surface area contributed by atoms with Crippen molar-refractivity contribution in [2.45, 2.75) is 38.0 Å². The first kappa shape index (κ1) is 18.6. The Bertz CT molecular complexity index is 964. The average Bonchev–Trinajstić information content (AvgIpc) is 2.86. The first-order chi connectivity index (χ1) is 12.2. The number of nitrogens with one attached hydrogen (secondary N) is 1. The summed E-state index contributed by atoms with van der Waals surface area (Å²) >= 11 is 0. The largest absolute Gasteiger partial charge is 0.491 e. The molecule has 0 saturated heterocycles. The number of benzene rings is 2. The van der Waals surface area contributed by atoms with Crippen LogP contribution in [0.5, 0.6) is 0 Å². The summed E-state index contributed by atoms with van der Waals surface area (Å²) in [4.78, 5) is 11.5. The molecule has 2 aromatic rings. The molecule has 0 radical (unpaired) electrons. The second-order valence-electron chi connectivity index (χ2n) is 6.58. The van der Waals surface area contributed by atoms with Crippen LogP contribution in [0.25, 0.3) is 0 Å². The van der Waals surface area contributed by atoms with Gasteiger partial charge < -0.3 is 15.0 Å². The van der Waals surface area contributed by atoms with E-state index in [-0.39, 0.29) is 16.6 Å². The number of amides is 1. The van der Waals surface area contributed by atoms with Crippen LogP contribution in [0, 0.1) is 13.8 Å². The van der Waals surface area contributed by atoms with Gasteiger partial charge in [0.25, 0.3) is 0 Å². The normalized spacial score (nSPS) is 13.6. The monoisotopic (exact) mass is 373 g/mol. The Hall–Kier alpha value is -2.16. The first-order valence-electron chi connectivity index (χ1n) is 8.20. The van der Waals surface area contributed by atoms with Crippen LogP contribution in [0.3, 0.4) is 0 Å². The third-order valence-corrected chi connectivity index (χ3v) is 6.30. The Labute approximate surface area is 153 Å². The van der Waals surface area contributed by atoms with Crippen molar-refractivity contribution in [1.82, 2.24) is 0 Å². The molecule has 0 spiro atoms. The van der Waals surface area contributed by atoms with E-state index in [1.165, 1.54) is 6.92 Å². The van der Waals surface area contributed by atoms with E-state index in [1.54, 1.807) is 44.2 Å². The van der Waals surface area contributed by atoms with E-state index in [9.17, 15) is 18.2 Å². The van der Waals surface area contributed by atoms with E-state index in [1.807, 2.05) is 0 Å². The number of carbonyl (C=O) groups is 1. The van der Waals surface area contributed by atoms with Crippen molar-refractivity contribution in [1.29, 1.82) is 0 Å². The molecular formula is C18H20BNO5S. The van der Waals surface area contributed by atoms with E-state index < -0.39 is 17.0 Å². The second-order valence-corrected chi connectivity index (χ2v) is 8.50. The van der Waals surface area contributed by atoms with Crippen LogP contribution in [-0.2, 0) is 31.6 Å². The van der Waals surface area contributed by atoms with E-state index in [0.717, 1.165) is 5.56 Å². The Balaban J connectivity index is 1.94. The zero-order chi connectivity index (χ0) is 19.1. The summed E-state index contributed by atoms with van der Waals surface area (Å²) < 4.78 is 31.1. The van der Waals surface area contributed by atoms with Crippen LogP contribution in [0.2, 0.25) is 0 Å². The molecule has 2 N–H and O–H groups in total. The molecule has 0 saturated carbocycles. The maximum Gasteiger partial charge on any atom is 0.491 e. The number of sulfone groups is 1. The molecule has 2 aromatic carbocycles. The lowest BCUT2D eigenvalue weighted by Gasteiger charge is -2.14. The fraction of sp³-hybridized carbons (Fsp3) is 0.278. The summed E-state index contributed by atoms with van der Waals surface area (Å²) in [5, 5.41) is 12.5. The Kier molecular flexibility index (Phi) is 4.92. The van der Waals surface area contributed by atoms with E-state index in [2.05, 4.69) is 5.32 Å². The second kappa shape index (κ2) is 6.87. The number of aryl methyl sites for hydroxylation is 2. The fourth-order valence-corrected chi connectivity index (χ4v) is 5.22. The van der Waals surface area contributed by atoms with E-state index >= 15 is 0 Å². The van der Waals surface area contributed by atoms with Gasteiger partial charge in [0.15, 0.2) is 9.84 Å². The molecule has 0 aliphatic carbocycles. The van der Waals surface area contributed by atoms with Crippen molar-refractivity contribution in [2.24, 2.45) is 0 Å². The van der Waals surface area contributed by atoms with E-state index in [4.69, 9.17) is 4.65 Å². The zero-order valence-electron chi connectivity index (χ0n) is 14.9. The molecule has 3 rings (SSSR count). The Morgan fingerprint density at radius 2 is 1.88 bits per heavy atom. The quantitative estimate of drug-likeness (QED) is 0.792. The van der Waals surface area contributed by atoms with Crippen LogP contribution in [0.4, 0.5) is 5.69 Å². The zero-order valence-corrected chi connectivity index (χ0v) is 15.7. The van der Waals surface area contributed by atoms with Crippen molar-refractivity contribution in [3.8, 4) is 0 Å². The first-order valence-corrected chi connectivity index (χ1v) is 9.85. The maximum atomic E-state index is 13.0. The van der Waals surface area contributed by atoms with Gasteiger partial charge in [-0.25, -0.2) is 8.42 Å². The lowest BCUT2D eigenvalue weighted by molar-refractivity contribution is -0.114. The number of hydrogen-bond acceptors (Lipinski definition) is 5. The van der Waals surface area contributed by atoms with Crippen molar-refractivity contribution in [3.63, 3.8) is 0 Å². The third kappa shape index (κ3) is 3.67. The lowest BCUT2D eigenvalue weighted by Crippen LogP contribution is -2.28. The molecule has 1 aliphatic rings. The molecule has 0 bridgehead atoms. The minimum Gasteiger partial charge on any atom is -0.423 e. The van der Waals surface area contributed by atoms with Crippen LogP contribution in [0.15, 0.2) is 35.2 Å². The molecule has 1 aliphatic heterocycles. The third-order valence-electron chi connectivity index (χ3n) is 4.32. The van der Waals surface area contributed by atoms with Crippen molar-refractivity contribution in [2.75, 3.05) is 5.32 Å². The van der Waals surface area contributed by atoms with Gasteiger partial charge in [0, 0.05) is 12.6 Å². The van der Waals surface area contributed by atoms with Crippen molar-refractivity contribution in [3.05, 3.63) is 52.6 Å². The molecule has 0 fully saturated rings. The molecule has 0 aromatic heterocycles. The van der Waals surface area contributed by atoms with Gasteiger partial charge in [-0.05, 0) is 53.7 Å². The summed E-state index contributed by atoms with van der Waals surface area (Å²) in [6.45, 7) is 5.16. The predicted molar refractivity (Wildman–Crippen MR) is 99.9 cm³/mol. The number of carbonyl (C=O) groups excluding carboxylic acids is 1. The minimum atomic E-state index is -3.59. The van der Waals surface area contributed by atoms with Gasteiger partial charge in [0.2, 0.25) is 5.91 Å². The summed E-state index contributed by atoms with van der Waals surface area (Å²) in [6, 6.07) is 8.52. The van der Waals surface area contributed by atoms with Crippen molar-refractivity contribution >= 4 is 34.0 Å². The topological polar surface area (TPSA) is 92.7 Å². The highest BCUT2D eigenvalue weighted by molar-refractivity contribution is 7.90. The van der Waals surface area contributed by atoms with Gasteiger partial charge in [-0.15, -0.1) is 0 Å². The van der Waals surface area contributed by atoms with Crippen LogP contribution in [0.1, 0.15) is 29.2 Å². The molecule has 1 amide bonds. The smallest absolute Gasteiger partial charge is 0.423 e. The SMILES string of the molecule is CC(=O)Nc1cc(C)c(S(=O)(=O)Cc2ccc3c(c2)B(O)OC3)c(C)c1. The number of anilines is 1. The molecule has 8 heteroatoms. The highest BCUT2D eigenvalue weighted by Gasteiger charge is 2.28. The number of rotatable bonds is 4. The standard InChI is InChI=1S/C18H20BNO5S/c1-11-6-16(20-13(3)21)7-12(2)18(11)26(23,24)10-14-4-5-15-9-25-19(22)17(15)8-14/h4-8,22H,9-10H2,1-3H3,(H,20,21). The highest BCUT2D eigenvalue weighted by Crippen LogP contribution is 2.27. The molecule has 0 unspecified atom stereocenters. The summed E-state index contributed by atoms with van der Waals surface area (Å²) in [5.41, 5.74) is 3.82. The molecule has 0 atom stereocenters.